The van der Waals surface area contributed by atoms with Gasteiger partial charge < -0.3 is 10.6 Å². The van der Waals surface area contributed by atoms with Crippen LogP contribution in [0.1, 0.15) is 57.9 Å². The summed E-state index contributed by atoms with van der Waals surface area (Å²) in [6.07, 6.45) is 3.54. The maximum atomic E-state index is 12.9. The standard InChI is InChI=1S/C20H27N3O3/c1-13(2)15-9-4-5-10-16(15)21-17(24)12-23-18(25)20(22-19(23)26)11-7-6-8-14(20)3/h4-5,9-10,13-14H,6-8,11-12H2,1-3H3,(H,21,24)(H,22,26)/t14-,20-/m0/s1. The number of imide groups is 1. The lowest BCUT2D eigenvalue weighted by molar-refractivity contribution is -0.136. The van der Waals surface area contributed by atoms with Gasteiger partial charge in [-0.05, 0) is 36.3 Å². The van der Waals surface area contributed by atoms with Crippen molar-refractivity contribution in [3.8, 4) is 0 Å². The van der Waals surface area contributed by atoms with Gasteiger partial charge in [-0.1, -0.05) is 51.8 Å². The fourth-order valence-electron chi connectivity index (χ4n) is 4.09. The van der Waals surface area contributed by atoms with E-state index in [0.29, 0.717) is 6.42 Å². The van der Waals surface area contributed by atoms with E-state index in [9.17, 15) is 14.4 Å². The number of hydrogen-bond acceptors (Lipinski definition) is 3. The second kappa shape index (κ2) is 7.09. The molecule has 4 amide bonds. The third kappa shape index (κ3) is 3.20. The van der Waals surface area contributed by atoms with Gasteiger partial charge in [0.25, 0.3) is 5.91 Å². The number of carbonyl (C=O) groups is 3. The van der Waals surface area contributed by atoms with E-state index in [1.807, 2.05) is 31.2 Å². The normalized spacial score (nSPS) is 25.7. The highest BCUT2D eigenvalue weighted by atomic mass is 16.2. The third-order valence-corrected chi connectivity index (χ3v) is 5.66. The van der Waals surface area contributed by atoms with Gasteiger partial charge in [0.05, 0.1) is 0 Å². The third-order valence-electron chi connectivity index (χ3n) is 5.66. The molecule has 1 heterocycles. The maximum Gasteiger partial charge on any atom is 0.325 e. The second-order valence-corrected chi connectivity index (χ2v) is 7.73. The van der Waals surface area contributed by atoms with Gasteiger partial charge in [0.1, 0.15) is 12.1 Å². The van der Waals surface area contributed by atoms with E-state index >= 15 is 0 Å². The van der Waals surface area contributed by atoms with E-state index in [1.54, 1.807) is 0 Å². The molecule has 1 aliphatic heterocycles. The van der Waals surface area contributed by atoms with Gasteiger partial charge in [-0.2, -0.15) is 0 Å². The minimum absolute atomic E-state index is 0.0856. The van der Waals surface area contributed by atoms with Gasteiger partial charge in [-0.3, -0.25) is 14.5 Å². The molecule has 2 atom stereocenters. The average Bonchev–Trinajstić information content (AvgIpc) is 2.83. The van der Waals surface area contributed by atoms with Crippen molar-refractivity contribution in [2.45, 2.75) is 57.9 Å². The van der Waals surface area contributed by atoms with Crippen molar-refractivity contribution in [1.82, 2.24) is 10.2 Å². The molecule has 0 unspecified atom stereocenters. The quantitative estimate of drug-likeness (QED) is 0.812. The zero-order valence-electron chi connectivity index (χ0n) is 15.7. The predicted molar refractivity (Wildman–Crippen MR) is 99.8 cm³/mol. The van der Waals surface area contributed by atoms with Gasteiger partial charge in [0.2, 0.25) is 5.91 Å². The van der Waals surface area contributed by atoms with E-state index in [2.05, 4.69) is 24.5 Å². The summed E-state index contributed by atoms with van der Waals surface area (Å²) in [5.41, 5.74) is 0.918. The molecule has 3 rings (SSSR count). The Morgan fingerprint density at radius 2 is 2.04 bits per heavy atom. The van der Waals surface area contributed by atoms with Crippen molar-refractivity contribution < 1.29 is 14.4 Å². The fourth-order valence-corrected chi connectivity index (χ4v) is 4.09. The largest absolute Gasteiger partial charge is 0.325 e. The van der Waals surface area contributed by atoms with E-state index in [0.717, 1.165) is 35.4 Å². The van der Waals surface area contributed by atoms with Crippen molar-refractivity contribution in [3.05, 3.63) is 29.8 Å². The molecule has 1 saturated heterocycles. The summed E-state index contributed by atoms with van der Waals surface area (Å²) in [5, 5.41) is 5.72. The number of nitrogens with zero attached hydrogens (tertiary/aromatic N) is 1. The Balaban J connectivity index is 1.72. The first-order valence-corrected chi connectivity index (χ1v) is 9.38. The molecule has 140 valence electrons. The number of hydrogen-bond donors (Lipinski definition) is 2. The molecule has 2 aliphatic rings. The number of para-hydroxylation sites is 1. The maximum absolute atomic E-state index is 12.9. The van der Waals surface area contributed by atoms with Crippen LogP contribution in [0, 0.1) is 5.92 Å². The Morgan fingerprint density at radius 1 is 1.31 bits per heavy atom. The molecule has 2 fully saturated rings. The molecule has 6 nitrogen and oxygen atoms in total. The molecule has 1 aromatic carbocycles. The van der Waals surface area contributed by atoms with Crippen LogP contribution in [0.5, 0.6) is 0 Å². The highest BCUT2D eigenvalue weighted by Crippen LogP contribution is 2.38. The Hall–Kier alpha value is -2.37. The minimum Gasteiger partial charge on any atom is -0.324 e. The highest BCUT2D eigenvalue weighted by molar-refractivity contribution is 6.10. The molecule has 0 bridgehead atoms. The molecule has 1 saturated carbocycles. The summed E-state index contributed by atoms with van der Waals surface area (Å²) in [5.74, 6) is -0.277. The van der Waals surface area contributed by atoms with Crippen molar-refractivity contribution in [1.29, 1.82) is 0 Å². The fraction of sp³-hybridized carbons (Fsp3) is 0.550. The van der Waals surface area contributed by atoms with E-state index in [1.165, 1.54) is 0 Å². The summed E-state index contributed by atoms with van der Waals surface area (Å²) >= 11 is 0. The summed E-state index contributed by atoms with van der Waals surface area (Å²) in [7, 11) is 0. The molecular formula is C20H27N3O3. The lowest BCUT2D eigenvalue weighted by Crippen LogP contribution is -2.54. The second-order valence-electron chi connectivity index (χ2n) is 7.73. The highest BCUT2D eigenvalue weighted by Gasteiger charge is 2.55. The van der Waals surface area contributed by atoms with Crippen molar-refractivity contribution >= 4 is 23.5 Å². The van der Waals surface area contributed by atoms with Crippen LogP contribution in [0.15, 0.2) is 24.3 Å². The van der Waals surface area contributed by atoms with Crippen LogP contribution in [-0.4, -0.2) is 34.8 Å². The number of nitrogens with one attached hydrogen (secondary N) is 2. The molecule has 1 spiro atoms. The molecule has 1 aliphatic carbocycles. The number of urea groups is 1. The van der Waals surface area contributed by atoms with Crippen molar-refractivity contribution in [2.24, 2.45) is 5.92 Å². The first-order chi connectivity index (χ1) is 12.3. The van der Waals surface area contributed by atoms with Crippen LogP contribution < -0.4 is 10.6 Å². The summed E-state index contributed by atoms with van der Waals surface area (Å²) in [6, 6.07) is 7.12. The number of rotatable bonds is 4. The summed E-state index contributed by atoms with van der Waals surface area (Å²) < 4.78 is 0. The first kappa shape index (κ1) is 18.4. The van der Waals surface area contributed by atoms with E-state index in [4.69, 9.17) is 0 Å². The Morgan fingerprint density at radius 3 is 2.73 bits per heavy atom. The molecule has 0 radical (unpaired) electrons. The predicted octanol–water partition coefficient (Wildman–Crippen LogP) is 3.25. The zero-order valence-corrected chi connectivity index (χ0v) is 15.7. The monoisotopic (exact) mass is 357 g/mol. The van der Waals surface area contributed by atoms with Crippen LogP contribution >= 0.6 is 0 Å². The molecule has 26 heavy (non-hydrogen) atoms. The van der Waals surface area contributed by atoms with Crippen LogP contribution in [0.2, 0.25) is 0 Å². The minimum atomic E-state index is -0.828. The van der Waals surface area contributed by atoms with Crippen LogP contribution in [0.25, 0.3) is 0 Å². The Bertz CT molecular complexity index is 731. The topological polar surface area (TPSA) is 78.5 Å². The Labute approximate surface area is 154 Å². The number of anilines is 1. The van der Waals surface area contributed by atoms with Crippen molar-refractivity contribution in [2.75, 3.05) is 11.9 Å². The van der Waals surface area contributed by atoms with Gasteiger partial charge in [0, 0.05) is 5.69 Å². The van der Waals surface area contributed by atoms with Gasteiger partial charge in [-0.15, -0.1) is 0 Å². The van der Waals surface area contributed by atoms with Crippen LogP contribution in [-0.2, 0) is 9.59 Å². The number of benzene rings is 1. The molecule has 6 heteroatoms. The SMILES string of the molecule is CC(C)c1ccccc1NC(=O)CN1C(=O)N[C@]2(CCCC[C@@H]2C)C1=O. The average molecular weight is 357 g/mol. The summed E-state index contributed by atoms with van der Waals surface area (Å²) in [6.45, 7) is 5.85. The lowest BCUT2D eigenvalue weighted by atomic mass is 9.73. The van der Waals surface area contributed by atoms with Gasteiger partial charge >= 0.3 is 6.03 Å². The lowest BCUT2D eigenvalue weighted by Gasteiger charge is -2.36. The van der Waals surface area contributed by atoms with Crippen LogP contribution in [0.4, 0.5) is 10.5 Å². The zero-order chi connectivity index (χ0) is 18.9. The molecular weight excluding hydrogens is 330 g/mol. The van der Waals surface area contributed by atoms with E-state index in [-0.39, 0.29) is 30.2 Å². The number of amides is 4. The molecule has 0 aromatic heterocycles. The van der Waals surface area contributed by atoms with Crippen LogP contribution in [0.3, 0.4) is 0 Å². The van der Waals surface area contributed by atoms with Gasteiger partial charge in [0.15, 0.2) is 0 Å². The molecule has 2 N–H and O–H groups in total. The van der Waals surface area contributed by atoms with E-state index < -0.39 is 11.6 Å². The Kier molecular flexibility index (Phi) is 5.03. The van der Waals surface area contributed by atoms with Crippen molar-refractivity contribution in [3.63, 3.8) is 0 Å². The first-order valence-electron chi connectivity index (χ1n) is 9.38. The molecule has 1 aromatic rings. The van der Waals surface area contributed by atoms with Gasteiger partial charge in [-0.25, -0.2) is 4.79 Å². The smallest absolute Gasteiger partial charge is 0.324 e. The number of carbonyl (C=O) groups excluding carboxylic acids is 3. The summed E-state index contributed by atoms with van der Waals surface area (Å²) in [4.78, 5) is 38.9.